The number of anilines is 3. The number of benzene rings is 10. The van der Waals surface area contributed by atoms with Crippen molar-refractivity contribution in [2.75, 3.05) is 4.90 Å². The highest BCUT2D eigenvalue weighted by Gasteiger charge is 2.48. The largest absolute Gasteiger partial charge is 0.310 e. The summed E-state index contributed by atoms with van der Waals surface area (Å²) in [6, 6.07) is 89.7. The van der Waals surface area contributed by atoms with Crippen LogP contribution >= 0.6 is 0 Å². The summed E-state index contributed by atoms with van der Waals surface area (Å²) in [7, 11) is 0. The molecule has 334 valence electrons. The summed E-state index contributed by atoms with van der Waals surface area (Å²) in [6.45, 7) is 13.8. The lowest BCUT2D eigenvalue weighted by molar-refractivity contribution is 0.589. The third kappa shape index (κ3) is 6.58. The van der Waals surface area contributed by atoms with Gasteiger partial charge in [0.05, 0.1) is 10.8 Å². The first-order valence-corrected chi connectivity index (χ1v) is 24.6. The second kappa shape index (κ2) is 15.9. The Balaban J connectivity index is 1.13. The predicted molar refractivity (Wildman–Crippen MR) is 291 cm³/mol. The molecule has 0 aliphatic heterocycles. The summed E-state index contributed by atoms with van der Waals surface area (Å²) < 4.78 is 0. The van der Waals surface area contributed by atoms with Gasteiger partial charge >= 0.3 is 0 Å². The maximum Gasteiger partial charge on any atom is 0.0714 e. The minimum atomic E-state index is -0.591. The number of hydrogen-bond acceptors (Lipinski definition) is 1. The molecule has 12 rings (SSSR count). The second-order valence-electron chi connectivity index (χ2n) is 21.3. The van der Waals surface area contributed by atoms with E-state index in [0.29, 0.717) is 0 Å². The minimum absolute atomic E-state index is 0.0225. The van der Waals surface area contributed by atoms with Crippen molar-refractivity contribution in [2.24, 2.45) is 0 Å². The molecule has 0 radical (unpaired) electrons. The van der Waals surface area contributed by atoms with E-state index in [9.17, 15) is 0 Å². The third-order valence-corrected chi connectivity index (χ3v) is 15.3. The van der Waals surface area contributed by atoms with E-state index >= 15 is 0 Å². The SMILES string of the molecule is CC(C)(C)c1ccc(C2(c3ccccc3)c3ccccc3-c3ccc(N(c4ccccc4)c4ccc5c(c4)C(c4ccccc4)(c4ccc(C(C)(C)C)cc4)c4cc6ccccc6cc4-5)cc32)cc1. The van der Waals surface area contributed by atoms with Gasteiger partial charge in [-0.1, -0.05) is 230 Å². The molecule has 0 spiro atoms. The molecule has 0 heterocycles. The smallest absolute Gasteiger partial charge is 0.0714 e. The van der Waals surface area contributed by atoms with Gasteiger partial charge in [-0.15, -0.1) is 0 Å². The van der Waals surface area contributed by atoms with Gasteiger partial charge in [0.1, 0.15) is 0 Å². The normalized spacial score (nSPS) is 17.0. The molecule has 2 aliphatic rings. The molecule has 0 fully saturated rings. The summed E-state index contributed by atoms with van der Waals surface area (Å²) in [4.78, 5) is 2.49. The van der Waals surface area contributed by atoms with Gasteiger partial charge in [-0.05, 0) is 148 Å². The minimum Gasteiger partial charge on any atom is -0.310 e. The molecule has 0 saturated heterocycles. The summed E-state index contributed by atoms with van der Waals surface area (Å²) >= 11 is 0. The van der Waals surface area contributed by atoms with E-state index in [0.717, 1.165) is 17.1 Å². The van der Waals surface area contributed by atoms with Crippen molar-refractivity contribution in [1.29, 1.82) is 0 Å². The Labute approximate surface area is 408 Å². The Kier molecular flexibility index (Phi) is 9.84. The van der Waals surface area contributed by atoms with Gasteiger partial charge < -0.3 is 4.90 Å². The van der Waals surface area contributed by atoms with Crippen LogP contribution in [0.2, 0.25) is 0 Å². The predicted octanol–water partition coefficient (Wildman–Crippen LogP) is 17.6. The van der Waals surface area contributed by atoms with Crippen molar-refractivity contribution in [1.82, 2.24) is 0 Å². The number of fused-ring (bicyclic) bond motifs is 7. The second-order valence-corrected chi connectivity index (χ2v) is 21.3. The van der Waals surface area contributed by atoms with Gasteiger partial charge in [-0.2, -0.15) is 0 Å². The van der Waals surface area contributed by atoms with E-state index < -0.39 is 10.8 Å². The van der Waals surface area contributed by atoms with Crippen LogP contribution in [0.5, 0.6) is 0 Å². The average molecular weight is 888 g/mol. The fourth-order valence-corrected chi connectivity index (χ4v) is 12.0. The molecule has 0 saturated carbocycles. The van der Waals surface area contributed by atoms with Crippen LogP contribution in [0.4, 0.5) is 17.1 Å². The zero-order valence-electron chi connectivity index (χ0n) is 40.5. The summed E-state index contributed by atoms with van der Waals surface area (Å²) in [5, 5.41) is 2.49. The molecule has 1 heteroatoms. The molecule has 69 heavy (non-hydrogen) atoms. The van der Waals surface area contributed by atoms with Crippen LogP contribution in [0.25, 0.3) is 33.0 Å². The lowest BCUT2D eigenvalue weighted by atomic mass is 9.67. The van der Waals surface area contributed by atoms with Gasteiger partial charge in [0, 0.05) is 17.1 Å². The van der Waals surface area contributed by atoms with Crippen LogP contribution in [0.3, 0.4) is 0 Å². The highest BCUT2D eigenvalue weighted by atomic mass is 15.1. The first-order valence-electron chi connectivity index (χ1n) is 24.6. The molecule has 2 aliphatic carbocycles. The highest BCUT2D eigenvalue weighted by Crippen LogP contribution is 2.60. The van der Waals surface area contributed by atoms with Crippen molar-refractivity contribution in [2.45, 2.75) is 63.2 Å². The van der Waals surface area contributed by atoms with Crippen LogP contribution in [0.15, 0.2) is 237 Å². The number of nitrogens with zero attached hydrogens (tertiary/aromatic N) is 1. The van der Waals surface area contributed by atoms with E-state index in [4.69, 9.17) is 0 Å². The molecule has 2 atom stereocenters. The molecule has 0 aromatic heterocycles. The van der Waals surface area contributed by atoms with Gasteiger partial charge in [0.15, 0.2) is 0 Å². The van der Waals surface area contributed by atoms with E-state index in [1.165, 1.54) is 88.7 Å². The quantitative estimate of drug-likeness (QED) is 0.154. The van der Waals surface area contributed by atoms with E-state index in [2.05, 4.69) is 283 Å². The number of hydrogen-bond donors (Lipinski definition) is 0. The van der Waals surface area contributed by atoms with E-state index in [1.54, 1.807) is 0 Å². The Hall–Kier alpha value is -7.74. The molecular weight excluding hydrogens is 831 g/mol. The Morgan fingerprint density at radius 2 is 0.652 bits per heavy atom. The van der Waals surface area contributed by atoms with E-state index in [1.807, 2.05) is 0 Å². The molecule has 1 nitrogen and oxygen atoms in total. The Bertz CT molecular complexity index is 3540. The Morgan fingerprint density at radius 1 is 0.275 bits per heavy atom. The summed E-state index contributed by atoms with van der Waals surface area (Å²) in [5.74, 6) is 0. The standard InChI is InChI=1S/C68H57N/c1-65(2,3)48-30-34-52(35-31-48)67(50-22-10-7-11-23-50)61-29-19-18-28-57(61)58-40-38-55(44-63(58)67)69(54-26-14-9-15-27-54)56-39-41-59-60-42-46-20-16-17-21-47(46)43-62(60)68(64(59)45-56,51-24-12-8-13-25-51)53-36-32-49(33-37-53)66(4,5)6/h7-45H,1-6H3. The van der Waals surface area contributed by atoms with Gasteiger partial charge in [-0.25, -0.2) is 0 Å². The van der Waals surface area contributed by atoms with Crippen LogP contribution in [-0.4, -0.2) is 0 Å². The summed E-state index contributed by atoms with van der Waals surface area (Å²) in [6.07, 6.45) is 0. The van der Waals surface area contributed by atoms with Crippen LogP contribution in [0, 0.1) is 0 Å². The number of rotatable bonds is 7. The maximum absolute atomic E-state index is 2.51. The molecule has 0 bridgehead atoms. The van der Waals surface area contributed by atoms with Crippen molar-refractivity contribution in [3.8, 4) is 22.3 Å². The Morgan fingerprint density at radius 3 is 1.16 bits per heavy atom. The van der Waals surface area contributed by atoms with Crippen LogP contribution in [-0.2, 0) is 21.7 Å². The first-order chi connectivity index (χ1) is 33.5. The molecule has 0 N–H and O–H groups in total. The van der Waals surface area contributed by atoms with Crippen LogP contribution in [0.1, 0.15) is 97.2 Å². The lowest BCUT2D eigenvalue weighted by Crippen LogP contribution is -2.29. The zero-order chi connectivity index (χ0) is 47.1. The van der Waals surface area contributed by atoms with Crippen molar-refractivity contribution >= 4 is 27.8 Å². The fraction of sp³-hybridized carbons (Fsp3) is 0.147. The molecule has 10 aromatic rings. The van der Waals surface area contributed by atoms with Gasteiger partial charge in [-0.3, -0.25) is 0 Å². The zero-order valence-corrected chi connectivity index (χ0v) is 40.5. The topological polar surface area (TPSA) is 3.24 Å². The maximum atomic E-state index is 2.51. The first kappa shape index (κ1) is 42.6. The van der Waals surface area contributed by atoms with Gasteiger partial charge in [0.25, 0.3) is 0 Å². The monoisotopic (exact) mass is 887 g/mol. The van der Waals surface area contributed by atoms with Crippen molar-refractivity contribution in [3.63, 3.8) is 0 Å². The average Bonchev–Trinajstić information content (AvgIpc) is 3.83. The fourth-order valence-electron chi connectivity index (χ4n) is 12.0. The molecule has 10 aromatic carbocycles. The molecular formula is C68H57N. The third-order valence-electron chi connectivity index (χ3n) is 15.3. The number of para-hydroxylation sites is 1. The van der Waals surface area contributed by atoms with Crippen molar-refractivity contribution in [3.05, 3.63) is 292 Å². The highest BCUT2D eigenvalue weighted by molar-refractivity contribution is 5.97. The van der Waals surface area contributed by atoms with Crippen LogP contribution < -0.4 is 4.90 Å². The lowest BCUT2D eigenvalue weighted by Gasteiger charge is -2.36. The molecule has 0 amide bonds. The summed E-state index contributed by atoms with van der Waals surface area (Å²) in [5.41, 5.74) is 20.2. The molecule has 2 unspecified atom stereocenters. The van der Waals surface area contributed by atoms with Gasteiger partial charge in [0.2, 0.25) is 0 Å². The van der Waals surface area contributed by atoms with E-state index in [-0.39, 0.29) is 10.8 Å². The van der Waals surface area contributed by atoms with Crippen molar-refractivity contribution < 1.29 is 0 Å².